The number of aryl methyl sites for hydroxylation is 2. The number of amides is 2. The molecule has 0 saturated heterocycles. The second kappa shape index (κ2) is 11.0. The van der Waals surface area contributed by atoms with Crippen LogP contribution in [-0.2, 0) is 11.2 Å². The van der Waals surface area contributed by atoms with Crippen molar-refractivity contribution in [3.63, 3.8) is 0 Å². The minimum Gasteiger partial charge on any atom is -0.494 e. The number of nitrogens with one attached hydrogen (secondary N) is 2. The molecule has 0 saturated carbocycles. The highest BCUT2D eigenvalue weighted by Gasteiger charge is 2.11. The van der Waals surface area contributed by atoms with Crippen molar-refractivity contribution in [2.45, 2.75) is 26.7 Å². The molecule has 0 spiro atoms. The van der Waals surface area contributed by atoms with E-state index in [1.165, 1.54) is 6.07 Å². The number of nitrogens with zero attached hydrogens (tertiary/aromatic N) is 2. The van der Waals surface area contributed by atoms with E-state index in [-0.39, 0.29) is 31.0 Å². The predicted molar refractivity (Wildman–Crippen MR) is 116 cm³/mol. The van der Waals surface area contributed by atoms with Gasteiger partial charge < -0.3 is 19.9 Å². The zero-order chi connectivity index (χ0) is 22.9. The van der Waals surface area contributed by atoms with Gasteiger partial charge in [0.05, 0.1) is 6.61 Å². The highest BCUT2D eigenvalue weighted by Crippen LogP contribution is 2.20. The molecule has 168 valence electrons. The lowest BCUT2D eigenvalue weighted by Gasteiger charge is -2.07. The first-order valence-electron chi connectivity index (χ1n) is 10.3. The second-order valence-corrected chi connectivity index (χ2v) is 7.04. The van der Waals surface area contributed by atoms with Crippen LogP contribution in [0.25, 0.3) is 11.4 Å². The van der Waals surface area contributed by atoms with E-state index in [0.717, 1.165) is 11.3 Å². The molecule has 1 heterocycles. The first kappa shape index (κ1) is 22.9. The molecular weight excluding hydrogens is 415 g/mol. The van der Waals surface area contributed by atoms with Crippen molar-refractivity contribution < 1.29 is 23.2 Å². The summed E-state index contributed by atoms with van der Waals surface area (Å²) < 4.78 is 24.2. The maximum atomic E-state index is 13.5. The Morgan fingerprint density at radius 1 is 1.09 bits per heavy atom. The summed E-state index contributed by atoms with van der Waals surface area (Å²) in [6.45, 7) is 4.61. The molecule has 1 aromatic heterocycles. The monoisotopic (exact) mass is 440 g/mol. The van der Waals surface area contributed by atoms with E-state index >= 15 is 0 Å². The zero-order valence-corrected chi connectivity index (χ0v) is 18.0. The molecule has 3 aromatic rings. The van der Waals surface area contributed by atoms with Crippen molar-refractivity contribution in [3.8, 4) is 17.1 Å². The Labute approximate surface area is 185 Å². The fourth-order valence-corrected chi connectivity index (χ4v) is 2.86. The van der Waals surface area contributed by atoms with Crippen LogP contribution in [-0.4, -0.2) is 41.7 Å². The minimum absolute atomic E-state index is 0.169. The Morgan fingerprint density at radius 3 is 2.56 bits per heavy atom. The van der Waals surface area contributed by atoms with Crippen LogP contribution in [0.1, 0.15) is 35.2 Å². The minimum atomic E-state index is -0.433. The number of hydrogen-bond donors (Lipinski definition) is 2. The molecule has 2 aromatic carbocycles. The van der Waals surface area contributed by atoms with Gasteiger partial charge >= 0.3 is 0 Å². The highest BCUT2D eigenvalue weighted by atomic mass is 19.1. The van der Waals surface area contributed by atoms with E-state index in [1.54, 1.807) is 19.1 Å². The summed E-state index contributed by atoms with van der Waals surface area (Å²) in [5.74, 6) is 0.529. The molecule has 0 aliphatic heterocycles. The Balaban J connectivity index is 1.38. The average molecular weight is 440 g/mol. The lowest BCUT2D eigenvalue weighted by atomic mass is 10.1. The van der Waals surface area contributed by atoms with Crippen LogP contribution in [0.3, 0.4) is 0 Å². The smallest absolute Gasteiger partial charge is 0.251 e. The third-order valence-corrected chi connectivity index (χ3v) is 4.62. The van der Waals surface area contributed by atoms with Crippen LogP contribution in [0.4, 0.5) is 4.39 Å². The van der Waals surface area contributed by atoms with E-state index in [1.807, 2.05) is 31.2 Å². The van der Waals surface area contributed by atoms with Gasteiger partial charge in [0, 0.05) is 37.1 Å². The summed E-state index contributed by atoms with van der Waals surface area (Å²) in [4.78, 5) is 28.3. The van der Waals surface area contributed by atoms with Crippen molar-refractivity contribution in [2.75, 3.05) is 19.7 Å². The maximum absolute atomic E-state index is 13.5. The number of halogens is 1. The van der Waals surface area contributed by atoms with Crippen LogP contribution in [0, 0.1) is 12.7 Å². The van der Waals surface area contributed by atoms with E-state index in [0.29, 0.717) is 30.3 Å². The van der Waals surface area contributed by atoms with Gasteiger partial charge in [-0.2, -0.15) is 4.98 Å². The summed E-state index contributed by atoms with van der Waals surface area (Å²) in [6, 6.07) is 11.6. The fraction of sp³-hybridized carbons (Fsp3) is 0.304. The molecule has 32 heavy (non-hydrogen) atoms. The quantitative estimate of drug-likeness (QED) is 0.470. The lowest BCUT2D eigenvalue weighted by molar-refractivity contribution is -0.121. The molecule has 2 N–H and O–H groups in total. The molecule has 8 nitrogen and oxygen atoms in total. The summed E-state index contributed by atoms with van der Waals surface area (Å²) in [6.07, 6.45) is 0.465. The van der Waals surface area contributed by atoms with Crippen molar-refractivity contribution in [2.24, 2.45) is 0 Å². The number of hydrogen-bond acceptors (Lipinski definition) is 6. The van der Waals surface area contributed by atoms with Gasteiger partial charge in [-0.05, 0) is 55.8 Å². The molecule has 0 aliphatic carbocycles. The van der Waals surface area contributed by atoms with E-state index in [4.69, 9.17) is 9.26 Å². The molecule has 9 heteroatoms. The number of ether oxygens (including phenoxy) is 1. The molecule has 0 unspecified atom stereocenters. The van der Waals surface area contributed by atoms with Crippen LogP contribution in [0.2, 0.25) is 0 Å². The average Bonchev–Trinajstić information content (AvgIpc) is 3.27. The molecule has 0 fully saturated rings. The summed E-state index contributed by atoms with van der Waals surface area (Å²) in [5, 5.41) is 9.29. The molecular formula is C23H25FN4O4. The lowest BCUT2D eigenvalue weighted by Crippen LogP contribution is -2.34. The second-order valence-electron chi connectivity index (χ2n) is 7.04. The number of aromatic nitrogens is 2. The number of carbonyl (C=O) groups is 2. The Bertz CT molecular complexity index is 1070. The summed E-state index contributed by atoms with van der Waals surface area (Å²) in [7, 11) is 0. The van der Waals surface area contributed by atoms with Crippen LogP contribution in [0.15, 0.2) is 47.0 Å². The van der Waals surface area contributed by atoms with E-state index in [2.05, 4.69) is 20.8 Å². The maximum Gasteiger partial charge on any atom is 0.251 e. The van der Waals surface area contributed by atoms with Crippen LogP contribution < -0.4 is 15.4 Å². The van der Waals surface area contributed by atoms with Gasteiger partial charge in [-0.1, -0.05) is 11.2 Å². The van der Waals surface area contributed by atoms with E-state index < -0.39 is 11.7 Å². The van der Waals surface area contributed by atoms with Crippen LogP contribution in [0.5, 0.6) is 5.75 Å². The van der Waals surface area contributed by atoms with Gasteiger partial charge in [-0.25, -0.2) is 4.39 Å². The molecule has 0 radical (unpaired) electrons. The molecule has 2 amide bonds. The molecule has 3 rings (SSSR count). The zero-order valence-electron chi connectivity index (χ0n) is 18.0. The Morgan fingerprint density at radius 2 is 1.84 bits per heavy atom. The Kier molecular flexibility index (Phi) is 7.91. The van der Waals surface area contributed by atoms with Crippen LogP contribution >= 0.6 is 0 Å². The number of rotatable bonds is 10. The van der Waals surface area contributed by atoms with Gasteiger partial charge in [-0.15, -0.1) is 0 Å². The van der Waals surface area contributed by atoms with E-state index in [9.17, 15) is 14.0 Å². The largest absolute Gasteiger partial charge is 0.494 e. The number of carbonyl (C=O) groups excluding carboxylic acids is 2. The first-order chi connectivity index (χ1) is 15.5. The molecule has 0 aliphatic rings. The molecule has 0 bridgehead atoms. The van der Waals surface area contributed by atoms with Gasteiger partial charge in [0.25, 0.3) is 5.91 Å². The Hall–Kier alpha value is -3.75. The highest BCUT2D eigenvalue weighted by molar-refractivity contribution is 5.94. The van der Waals surface area contributed by atoms with Gasteiger partial charge in [0.15, 0.2) is 0 Å². The van der Waals surface area contributed by atoms with Crippen molar-refractivity contribution in [1.29, 1.82) is 0 Å². The topological polar surface area (TPSA) is 106 Å². The molecule has 0 atom stereocenters. The summed E-state index contributed by atoms with van der Waals surface area (Å²) >= 11 is 0. The third kappa shape index (κ3) is 6.37. The van der Waals surface area contributed by atoms with Gasteiger partial charge in [0.1, 0.15) is 11.6 Å². The first-order valence-corrected chi connectivity index (χ1v) is 10.3. The van der Waals surface area contributed by atoms with Gasteiger partial charge in [-0.3, -0.25) is 9.59 Å². The normalized spacial score (nSPS) is 10.6. The standard InChI is InChI=1S/C23H25FN4O4/c1-3-31-18-8-6-16(7-9-18)22-27-21(32-28-22)11-10-20(29)25-12-13-26-23(30)17-5-4-15(2)19(24)14-17/h4-9,14H,3,10-13H2,1-2H3,(H,25,29)(H,26,30). The van der Waals surface area contributed by atoms with Crippen molar-refractivity contribution >= 4 is 11.8 Å². The van der Waals surface area contributed by atoms with Crippen molar-refractivity contribution in [1.82, 2.24) is 20.8 Å². The summed E-state index contributed by atoms with van der Waals surface area (Å²) in [5.41, 5.74) is 1.50. The number of benzene rings is 2. The third-order valence-electron chi connectivity index (χ3n) is 4.62. The fourth-order valence-electron chi connectivity index (χ4n) is 2.86. The van der Waals surface area contributed by atoms with Gasteiger partial charge in [0.2, 0.25) is 17.6 Å². The SMILES string of the molecule is CCOc1ccc(-c2noc(CCC(=O)NCCNC(=O)c3ccc(C)c(F)c3)n2)cc1. The van der Waals surface area contributed by atoms with Crippen molar-refractivity contribution in [3.05, 3.63) is 65.3 Å². The predicted octanol–water partition coefficient (Wildman–Crippen LogP) is 3.06.